The molecule has 168 valence electrons. The zero-order valence-electron chi connectivity index (χ0n) is 18.0. The maximum Gasteiger partial charge on any atom is 0.433 e. The molecular weight excluding hydrogens is 417 g/mol. The Hall–Kier alpha value is -3.16. The third-order valence-corrected chi connectivity index (χ3v) is 6.07. The van der Waals surface area contributed by atoms with E-state index in [1.165, 1.54) is 0 Å². The molecule has 32 heavy (non-hydrogen) atoms. The number of halogens is 3. The van der Waals surface area contributed by atoms with Gasteiger partial charge in [-0.2, -0.15) is 13.2 Å². The van der Waals surface area contributed by atoms with Gasteiger partial charge in [-0.1, -0.05) is 24.3 Å². The third kappa shape index (κ3) is 4.69. The smallest absolute Gasteiger partial charge is 0.371 e. The first-order valence-electron chi connectivity index (χ1n) is 10.7. The lowest BCUT2D eigenvalue weighted by molar-refractivity contribution is -0.140. The number of nitrogens with zero attached hydrogens (tertiary/aromatic N) is 3. The molecule has 0 unspecified atom stereocenters. The highest BCUT2D eigenvalue weighted by atomic mass is 19.4. The van der Waals surface area contributed by atoms with E-state index >= 15 is 0 Å². The Balaban J connectivity index is 1.47. The topological polar surface area (TPSA) is 58.1 Å². The van der Waals surface area contributed by atoms with Gasteiger partial charge in [0.2, 0.25) is 0 Å². The number of benzene rings is 1. The number of rotatable bonds is 4. The van der Waals surface area contributed by atoms with Crippen molar-refractivity contribution in [3.63, 3.8) is 0 Å². The quantitative estimate of drug-likeness (QED) is 0.608. The summed E-state index contributed by atoms with van der Waals surface area (Å²) in [4.78, 5) is 22.5. The van der Waals surface area contributed by atoms with Crippen molar-refractivity contribution < 1.29 is 18.0 Å². The Morgan fingerprint density at radius 3 is 2.44 bits per heavy atom. The molecule has 2 heterocycles. The molecule has 5 nitrogen and oxygen atoms in total. The van der Waals surface area contributed by atoms with Gasteiger partial charge in [-0.25, -0.2) is 9.97 Å². The average Bonchev–Trinajstić information content (AvgIpc) is 2.77. The fourth-order valence-electron chi connectivity index (χ4n) is 4.33. The second-order valence-electron chi connectivity index (χ2n) is 8.30. The van der Waals surface area contributed by atoms with Gasteiger partial charge in [-0.3, -0.25) is 4.79 Å². The van der Waals surface area contributed by atoms with Gasteiger partial charge in [0.05, 0.1) is 5.52 Å². The highest BCUT2D eigenvalue weighted by Crippen LogP contribution is 2.36. The largest absolute Gasteiger partial charge is 0.433 e. The number of hydrogen-bond donors (Lipinski definition) is 1. The molecule has 1 N–H and O–H groups in total. The lowest BCUT2D eigenvalue weighted by Crippen LogP contribution is -2.43. The predicted molar refractivity (Wildman–Crippen MR) is 118 cm³/mol. The Bertz CT molecular complexity index is 1120. The number of alkyl halides is 3. The molecular formula is C24H25F3N4O. The molecule has 0 saturated heterocycles. The van der Waals surface area contributed by atoms with Crippen LogP contribution in [0.2, 0.25) is 0 Å². The maximum absolute atomic E-state index is 13.4. The van der Waals surface area contributed by atoms with Gasteiger partial charge >= 0.3 is 6.18 Å². The Morgan fingerprint density at radius 2 is 1.75 bits per heavy atom. The van der Waals surface area contributed by atoms with Crippen LogP contribution in [0.4, 0.5) is 18.9 Å². The van der Waals surface area contributed by atoms with Gasteiger partial charge < -0.3 is 10.2 Å². The van der Waals surface area contributed by atoms with Crippen LogP contribution >= 0.6 is 0 Å². The van der Waals surface area contributed by atoms with Crippen molar-refractivity contribution in [1.82, 2.24) is 15.3 Å². The molecule has 0 atom stereocenters. The summed E-state index contributed by atoms with van der Waals surface area (Å²) >= 11 is 0. The summed E-state index contributed by atoms with van der Waals surface area (Å²) in [6.07, 6.45) is -1.48. The number of amides is 1. The van der Waals surface area contributed by atoms with E-state index in [4.69, 9.17) is 0 Å². The summed E-state index contributed by atoms with van der Waals surface area (Å²) in [7, 11) is 1.84. The van der Waals surface area contributed by atoms with Crippen LogP contribution < -0.4 is 10.2 Å². The van der Waals surface area contributed by atoms with E-state index in [0.717, 1.165) is 37.4 Å². The minimum absolute atomic E-state index is 0.0226. The third-order valence-electron chi connectivity index (χ3n) is 6.07. The summed E-state index contributed by atoms with van der Waals surface area (Å²) in [5.41, 5.74) is 1.15. The highest BCUT2D eigenvalue weighted by molar-refractivity contribution is 5.93. The molecule has 8 heteroatoms. The first-order chi connectivity index (χ1) is 15.2. The number of nitrogens with one attached hydrogen (secondary N) is 1. The van der Waals surface area contributed by atoms with E-state index < -0.39 is 11.9 Å². The molecule has 1 aromatic carbocycles. The van der Waals surface area contributed by atoms with Crippen LogP contribution in [0.3, 0.4) is 0 Å². The number of para-hydroxylation sites is 1. The van der Waals surface area contributed by atoms with E-state index in [-0.39, 0.29) is 18.0 Å². The lowest BCUT2D eigenvalue weighted by atomic mass is 9.89. The van der Waals surface area contributed by atoms with Crippen LogP contribution in [0.1, 0.15) is 47.6 Å². The number of aryl methyl sites for hydroxylation is 1. The standard InChI is InChI=1S/C24H25F3N4O/c1-15-6-5-9-20(28-15)23(32)29-16-10-12-17(13-11-16)31(2)21-14-22(24(25,26)27)30-19-8-4-3-7-18(19)21/h3-9,14,16-17H,10-13H2,1-2H3,(H,29,32)/t16-,17+. The zero-order chi connectivity index (χ0) is 22.9. The number of pyridine rings is 2. The fourth-order valence-corrected chi connectivity index (χ4v) is 4.33. The Morgan fingerprint density at radius 1 is 1.03 bits per heavy atom. The van der Waals surface area contributed by atoms with Crippen LogP contribution in [-0.4, -0.2) is 35.0 Å². The number of anilines is 1. The minimum Gasteiger partial charge on any atom is -0.371 e. The van der Waals surface area contributed by atoms with E-state index in [1.807, 2.05) is 24.9 Å². The van der Waals surface area contributed by atoms with E-state index in [1.54, 1.807) is 36.4 Å². The number of fused-ring (bicyclic) bond motifs is 1. The molecule has 0 bridgehead atoms. The maximum atomic E-state index is 13.4. The molecule has 1 saturated carbocycles. The van der Waals surface area contributed by atoms with Crippen LogP contribution in [0.15, 0.2) is 48.5 Å². The molecule has 1 fully saturated rings. The van der Waals surface area contributed by atoms with E-state index in [0.29, 0.717) is 22.3 Å². The van der Waals surface area contributed by atoms with Gasteiger partial charge in [0.1, 0.15) is 11.4 Å². The van der Waals surface area contributed by atoms with Crippen LogP contribution in [0.5, 0.6) is 0 Å². The van der Waals surface area contributed by atoms with Gasteiger partial charge in [0.25, 0.3) is 5.91 Å². The number of carbonyl (C=O) groups excluding carboxylic acids is 1. The molecule has 0 spiro atoms. The number of hydrogen-bond acceptors (Lipinski definition) is 4. The van der Waals surface area contributed by atoms with Gasteiger partial charge in [-0.05, 0) is 56.9 Å². The van der Waals surface area contributed by atoms with E-state index in [9.17, 15) is 18.0 Å². The van der Waals surface area contributed by atoms with Crippen LogP contribution in [-0.2, 0) is 6.18 Å². The number of carbonyl (C=O) groups is 1. The molecule has 1 amide bonds. The molecule has 4 rings (SSSR count). The summed E-state index contributed by atoms with van der Waals surface area (Å²) in [6, 6.07) is 13.5. The molecule has 1 aliphatic carbocycles. The highest BCUT2D eigenvalue weighted by Gasteiger charge is 2.34. The van der Waals surface area contributed by atoms with Gasteiger partial charge in [0.15, 0.2) is 0 Å². The second-order valence-corrected chi connectivity index (χ2v) is 8.30. The van der Waals surface area contributed by atoms with Crippen LogP contribution in [0, 0.1) is 6.92 Å². The Kier molecular flexibility index (Phi) is 6.04. The molecule has 0 aliphatic heterocycles. The van der Waals surface area contributed by atoms with Crippen molar-refractivity contribution in [2.75, 3.05) is 11.9 Å². The van der Waals surface area contributed by atoms with Crippen molar-refractivity contribution >= 4 is 22.5 Å². The first-order valence-corrected chi connectivity index (χ1v) is 10.7. The molecule has 2 aromatic heterocycles. The normalized spacial score (nSPS) is 19.0. The molecule has 1 aliphatic rings. The summed E-state index contributed by atoms with van der Waals surface area (Å²) in [5.74, 6) is -0.194. The SMILES string of the molecule is Cc1cccc(C(=O)N[C@H]2CC[C@@H](N(C)c3cc(C(F)(F)F)nc4ccccc34)CC2)n1. The predicted octanol–water partition coefficient (Wildman–Crippen LogP) is 5.13. The van der Waals surface area contributed by atoms with Gasteiger partial charge in [-0.15, -0.1) is 0 Å². The van der Waals surface area contributed by atoms with E-state index in [2.05, 4.69) is 15.3 Å². The molecule has 0 radical (unpaired) electrons. The van der Waals surface area contributed by atoms with Crippen molar-refractivity contribution in [2.24, 2.45) is 0 Å². The fraction of sp³-hybridized carbons (Fsp3) is 0.375. The number of aromatic nitrogens is 2. The van der Waals surface area contributed by atoms with Crippen molar-refractivity contribution in [3.8, 4) is 0 Å². The minimum atomic E-state index is -4.51. The first kappa shape index (κ1) is 22.0. The summed E-state index contributed by atoms with van der Waals surface area (Å²) < 4.78 is 40.2. The monoisotopic (exact) mass is 442 g/mol. The van der Waals surface area contributed by atoms with Crippen molar-refractivity contribution in [1.29, 1.82) is 0 Å². The van der Waals surface area contributed by atoms with Gasteiger partial charge in [0, 0.05) is 35.9 Å². The summed E-state index contributed by atoms with van der Waals surface area (Å²) in [5, 5.41) is 3.74. The van der Waals surface area contributed by atoms with Crippen LogP contribution in [0.25, 0.3) is 10.9 Å². The average molecular weight is 442 g/mol. The lowest BCUT2D eigenvalue weighted by Gasteiger charge is -2.37. The molecule has 3 aromatic rings. The zero-order valence-corrected chi connectivity index (χ0v) is 18.0. The van der Waals surface area contributed by atoms with Crippen molar-refractivity contribution in [2.45, 2.75) is 50.9 Å². The second kappa shape index (κ2) is 8.76. The summed E-state index contributed by atoms with van der Waals surface area (Å²) in [6.45, 7) is 1.84. The van der Waals surface area contributed by atoms with Crippen molar-refractivity contribution in [3.05, 3.63) is 65.6 Å². The Labute approximate surface area is 184 Å².